The van der Waals surface area contributed by atoms with Gasteiger partial charge in [-0.05, 0) is 86.3 Å². The molecule has 0 saturated carbocycles. The number of aliphatic hydroxyl groups is 2. The zero-order chi connectivity index (χ0) is 52.3. The van der Waals surface area contributed by atoms with Crippen molar-refractivity contribution in [2.24, 2.45) is 34.5 Å². The van der Waals surface area contributed by atoms with Crippen molar-refractivity contribution in [3.63, 3.8) is 0 Å². The van der Waals surface area contributed by atoms with Gasteiger partial charge < -0.3 is 50.0 Å². The van der Waals surface area contributed by atoms with E-state index in [1.54, 1.807) is 30.7 Å². The summed E-state index contributed by atoms with van der Waals surface area (Å²) in [6, 6.07) is 5.90. The highest BCUT2D eigenvalue weighted by Crippen LogP contribution is 2.46. The lowest BCUT2D eigenvalue weighted by Crippen LogP contribution is -2.58. The van der Waals surface area contributed by atoms with E-state index in [1.165, 1.54) is 4.90 Å². The van der Waals surface area contributed by atoms with Crippen LogP contribution in [0.25, 0.3) is 10.4 Å². The number of β-amino-alcohol motifs (C(OH)–C–C–N with tert-alkyl or cyclic N) is 1. The van der Waals surface area contributed by atoms with Crippen molar-refractivity contribution in [3.8, 4) is 10.4 Å². The number of carbonyl (C=O) groups excluding carboxylic acids is 6. The summed E-state index contributed by atoms with van der Waals surface area (Å²) in [6.07, 6.45) is 7.31. The van der Waals surface area contributed by atoms with Gasteiger partial charge in [-0.2, -0.15) is 0 Å². The number of aromatic nitrogens is 1. The van der Waals surface area contributed by atoms with Gasteiger partial charge in [0.05, 0.1) is 59.9 Å². The molecule has 0 spiro atoms. The van der Waals surface area contributed by atoms with E-state index in [4.69, 9.17) is 18.9 Å². The van der Waals surface area contributed by atoms with Crippen molar-refractivity contribution >= 4 is 46.9 Å². The minimum Gasteiger partial charge on any atom is -0.462 e. The Hall–Kier alpha value is -5.01. The van der Waals surface area contributed by atoms with E-state index < -0.39 is 52.8 Å². The monoisotopic (exact) mass is 1020 g/mol. The highest BCUT2D eigenvalue weighted by atomic mass is 32.1. The Kier molecular flexibility index (Phi) is 19.8. The van der Waals surface area contributed by atoms with Crippen LogP contribution in [-0.2, 0) is 54.3 Å². The maximum absolute atomic E-state index is 14.0. The fraction of sp³-hybridized carbons (Fsp3) is 0.648. The minimum atomic E-state index is -1.00. The summed E-state index contributed by atoms with van der Waals surface area (Å²) in [4.78, 5) is 85.8. The maximum atomic E-state index is 14.0. The average molecular weight is 1020 g/mol. The molecule has 1 aromatic heterocycles. The molecule has 18 heteroatoms. The number of aryl methyl sites for hydroxylation is 1. The second-order valence-corrected chi connectivity index (χ2v) is 22.7. The Bertz CT molecular complexity index is 2270. The topological polar surface area (TPSA) is 232 Å². The normalized spacial score (nSPS) is 25.7. The van der Waals surface area contributed by atoms with Crippen LogP contribution < -0.4 is 16.0 Å². The molecular formula is C54H77N5O12S. The highest BCUT2D eigenvalue weighted by molar-refractivity contribution is 7.13. The third-order valence-electron chi connectivity index (χ3n) is 14.3. The molecule has 4 aliphatic rings. The standard InChI is InChI=1S/C54H77N5O12S/c1-32-23-37-12-9-33(2)41(16-15-40-25-38(60)27-46(64)70-40)47(37)43(24-32)71-52(67)54(7,8)18-17-44(62)55-19-20-68-21-22-69-30-45(63)58-49(53(4,5)6)51(66)59-29-39(61)26-42(59)50(65)56-28-35-10-13-36(14-11-35)48-34(3)57-31-72-48/h9-14,23,31-33,38-43,47,49,60-61H,15-22,24-30H2,1-8H3,(H,55,62)(H,56,65)(H,58,63)/t32-,33-,38+,39+,40+,41-,42-,43-,47-,49?/m0/s1. The third-order valence-corrected chi connectivity index (χ3v) is 15.3. The van der Waals surface area contributed by atoms with E-state index >= 15 is 0 Å². The number of nitrogens with one attached hydrogen (secondary N) is 3. The molecule has 2 aliphatic carbocycles. The number of hydrogen-bond acceptors (Lipinski definition) is 14. The molecule has 0 radical (unpaired) electrons. The molecule has 1 aromatic carbocycles. The van der Waals surface area contributed by atoms with Gasteiger partial charge in [-0.25, -0.2) is 4.98 Å². The molecule has 2 aromatic rings. The number of hydrogen-bond donors (Lipinski definition) is 5. The van der Waals surface area contributed by atoms with Gasteiger partial charge in [0, 0.05) is 44.8 Å². The van der Waals surface area contributed by atoms with Crippen molar-refractivity contribution in [1.29, 1.82) is 0 Å². The predicted octanol–water partition coefficient (Wildman–Crippen LogP) is 5.35. The van der Waals surface area contributed by atoms with Crippen molar-refractivity contribution in [3.05, 3.63) is 64.8 Å². The quantitative estimate of drug-likeness (QED) is 0.0741. The molecule has 2 aliphatic heterocycles. The third kappa shape index (κ3) is 15.5. The molecule has 0 bridgehead atoms. The number of esters is 2. The summed E-state index contributed by atoms with van der Waals surface area (Å²) in [7, 11) is 0. The van der Waals surface area contributed by atoms with Crippen molar-refractivity contribution < 1.29 is 57.9 Å². The zero-order valence-corrected chi connectivity index (χ0v) is 44.1. The first-order valence-electron chi connectivity index (χ1n) is 25.5. The molecule has 2 fully saturated rings. The number of carbonyl (C=O) groups is 6. The second-order valence-electron chi connectivity index (χ2n) is 21.9. The number of cyclic esters (lactones) is 1. The zero-order valence-electron chi connectivity index (χ0n) is 43.3. The van der Waals surface area contributed by atoms with Crippen molar-refractivity contribution in [1.82, 2.24) is 25.8 Å². The van der Waals surface area contributed by atoms with Crippen molar-refractivity contribution in [2.75, 3.05) is 39.5 Å². The van der Waals surface area contributed by atoms with Gasteiger partial charge in [-0.15, -0.1) is 11.3 Å². The van der Waals surface area contributed by atoms with Crippen LogP contribution in [0.4, 0.5) is 0 Å². The van der Waals surface area contributed by atoms with Gasteiger partial charge in [0.2, 0.25) is 23.6 Å². The van der Waals surface area contributed by atoms with E-state index in [0.29, 0.717) is 19.3 Å². The molecule has 6 rings (SSSR count). The van der Waals surface area contributed by atoms with Crippen molar-refractivity contribution in [2.45, 2.75) is 150 Å². The molecule has 4 amide bonds. The molecule has 3 heterocycles. The van der Waals surface area contributed by atoms with Gasteiger partial charge in [0.1, 0.15) is 30.9 Å². The van der Waals surface area contributed by atoms with Crippen LogP contribution in [-0.4, -0.2) is 132 Å². The molecule has 5 N–H and O–H groups in total. The van der Waals surface area contributed by atoms with Gasteiger partial charge in [0.25, 0.3) is 0 Å². The molecule has 396 valence electrons. The maximum Gasteiger partial charge on any atom is 0.311 e. The molecule has 2 saturated heterocycles. The Morgan fingerprint density at radius 1 is 0.931 bits per heavy atom. The molecule has 1 unspecified atom stereocenters. The van der Waals surface area contributed by atoms with Crippen LogP contribution in [0.3, 0.4) is 0 Å². The number of likely N-dealkylation sites (tertiary alicyclic amines) is 1. The first-order valence-corrected chi connectivity index (χ1v) is 26.4. The van der Waals surface area contributed by atoms with E-state index in [1.807, 2.05) is 52.0 Å². The van der Waals surface area contributed by atoms with E-state index in [2.05, 4.69) is 53.0 Å². The predicted molar refractivity (Wildman–Crippen MR) is 271 cm³/mol. The summed E-state index contributed by atoms with van der Waals surface area (Å²) < 4.78 is 23.0. The van der Waals surface area contributed by atoms with Crippen LogP contribution in [0.1, 0.15) is 111 Å². The number of rotatable bonds is 22. The number of ether oxygens (including phenoxy) is 4. The van der Waals surface area contributed by atoms with Gasteiger partial charge in [-0.3, -0.25) is 28.8 Å². The molecule has 17 nitrogen and oxygen atoms in total. The average Bonchev–Trinajstić information content (AvgIpc) is 3.94. The van der Waals surface area contributed by atoms with Gasteiger partial charge >= 0.3 is 11.9 Å². The Morgan fingerprint density at radius 2 is 1.67 bits per heavy atom. The highest BCUT2D eigenvalue weighted by Gasteiger charge is 2.46. The lowest BCUT2D eigenvalue weighted by atomic mass is 9.65. The second kappa shape index (κ2) is 25.3. The number of nitrogens with zero attached hydrogens (tertiary/aromatic N) is 2. The largest absolute Gasteiger partial charge is 0.462 e. The molecule has 10 atom stereocenters. The van der Waals surface area contributed by atoms with Crippen LogP contribution >= 0.6 is 11.3 Å². The summed E-state index contributed by atoms with van der Waals surface area (Å²) in [6.45, 7) is 15.7. The van der Waals surface area contributed by atoms with Gasteiger partial charge in [-0.1, -0.05) is 77.1 Å². The fourth-order valence-corrected chi connectivity index (χ4v) is 11.0. The lowest BCUT2D eigenvalue weighted by molar-refractivity contribution is -0.166. The number of aliphatic hydroxyl groups excluding tert-OH is 2. The lowest BCUT2D eigenvalue weighted by Gasteiger charge is -2.44. The van der Waals surface area contributed by atoms with E-state index in [9.17, 15) is 39.0 Å². The molecule has 72 heavy (non-hydrogen) atoms. The summed E-state index contributed by atoms with van der Waals surface area (Å²) >= 11 is 1.56. The van der Waals surface area contributed by atoms with E-state index in [-0.39, 0.29) is 125 Å². The number of fused-ring (bicyclic) bond motifs is 1. The summed E-state index contributed by atoms with van der Waals surface area (Å²) in [5.41, 5.74) is 4.17. The molecular weight excluding hydrogens is 943 g/mol. The first-order chi connectivity index (χ1) is 34.1. The van der Waals surface area contributed by atoms with Crippen LogP contribution in [0.5, 0.6) is 0 Å². The Morgan fingerprint density at radius 3 is 2.36 bits per heavy atom. The Balaban J connectivity index is 0.868. The SMILES string of the molecule is Cc1ncsc1-c1ccc(CNC(=O)[C@@H]2C[C@@H](O)CN2C(=O)C(NC(=O)COCCOCCNC(=O)CCC(C)(C)C(=O)O[C@H]2C[C@@H](C)C=C3C=C[C@H](C)[C@H](CC[C@@H]4C[C@@H](O)CC(=O)O4)[C@H]32)C(C)(C)C)cc1. The number of allylic oxidation sites excluding steroid dienone is 3. The summed E-state index contributed by atoms with van der Waals surface area (Å²) in [5.74, 6) is -1.78. The number of thiazole rings is 1. The van der Waals surface area contributed by atoms with Crippen LogP contribution in [0, 0.1) is 41.4 Å². The fourth-order valence-electron chi connectivity index (χ4n) is 10.2. The van der Waals surface area contributed by atoms with Gasteiger partial charge in [0.15, 0.2) is 0 Å². The smallest absolute Gasteiger partial charge is 0.311 e. The number of benzene rings is 1. The van der Waals surface area contributed by atoms with Crippen LogP contribution in [0.2, 0.25) is 0 Å². The summed E-state index contributed by atoms with van der Waals surface area (Å²) in [5, 5.41) is 29.2. The Labute approximate surface area is 428 Å². The van der Waals surface area contributed by atoms with Crippen LogP contribution in [0.15, 0.2) is 53.6 Å². The van der Waals surface area contributed by atoms with E-state index in [0.717, 1.165) is 33.7 Å². The minimum absolute atomic E-state index is 0.0129. The first kappa shape index (κ1) is 56.3. The number of amides is 4.